The van der Waals surface area contributed by atoms with Crippen molar-refractivity contribution in [1.82, 2.24) is 10.6 Å². The minimum Gasteiger partial charge on any atom is -0.351 e. The number of anilines is 1. The summed E-state index contributed by atoms with van der Waals surface area (Å²) in [7, 11) is 0. The van der Waals surface area contributed by atoms with Crippen molar-refractivity contribution in [2.75, 3.05) is 25.0 Å². The van der Waals surface area contributed by atoms with Crippen LogP contribution in [0.3, 0.4) is 0 Å². The maximum absolute atomic E-state index is 11.9. The van der Waals surface area contributed by atoms with Crippen LogP contribution in [0.1, 0.15) is 29.3 Å². The Morgan fingerprint density at radius 2 is 2.10 bits per heavy atom. The van der Waals surface area contributed by atoms with Crippen LogP contribution in [0.4, 0.5) is 5.69 Å². The third kappa shape index (κ3) is 4.21. The summed E-state index contributed by atoms with van der Waals surface area (Å²) >= 11 is 0. The Kier molecular flexibility index (Phi) is 6.48. The number of likely N-dealkylation sites (N-methyl/N-ethyl adjacent to an activating group) is 1. The van der Waals surface area contributed by atoms with Crippen LogP contribution in [-0.4, -0.2) is 31.4 Å². The number of hydrogen-bond donors (Lipinski definition) is 3. The molecule has 1 aliphatic rings. The van der Waals surface area contributed by atoms with E-state index in [-0.39, 0.29) is 24.2 Å². The summed E-state index contributed by atoms with van der Waals surface area (Å²) in [5, 5.41) is 8.81. The second kappa shape index (κ2) is 7.87. The van der Waals surface area contributed by atoms with Gasteiger partial charge in [0.15, 0.2) is 0 Å². The van der Waals surface area contributed by atoms with Gasteiger partial charge in [-0.3, -0.25) is 9.59 Å². The molecule has 1 aromatic rings. The first-order valence-electron chi connectivity index (χ1n) is 6.62. The lowest BCUT2D eigenvalue weighted by atomic mass is 10.00. The number of hydrogen-bond acceptors (Lipinski definition) is 3. The first-order chi connectivity index (χ1) is 9.20. The Bertz CT molecular complexity index is 491. The fourth-order valence-corrected chi connectivity index (χ4v) is 2.07. The molecule has 1 heterocycles. The Balaban J connectivity index is 0.00000200. The lowest BCUT2D eigenvalue weighted by molar-refractivity contribution is -0.116. The highest BCUT2D eigenvalue weighted by atomic mass is 35.5. The van der Waals surface area contributed by atoms with Crippen LogP contribution >= 0.6 is 12.4 Å². The van der Waals surface area contributed by atoms with Gasteiger partial charge in [-0.25, -0.2) is 0 Å². The molecule has 0 aromatic heterocycles. The van der Waals surface area contributed by atoms with Gasteiger partial charge >= 0.3 is 0 Å². The van der Waals surface area contributed by atoms with Gasteiger partial charge in [0.05, 0.1) is 0 Å². The molecule has 6 heteroatoms. The molecule has 0 bridgehead atoms. The number of amides is 2. The van der Waals surface area contributed by atoms with Crippen molar-refractivity contribution in [3.05, 3.63) is 29.3 Å². The van der Waals surface area contributed by atoms with Gasteiger partial charge in [-0.05, 0) is 36.7 Å². The first-order valence-corrected chi connectivity index (χ1v) is 6.62. The Morgan fingerprint density at radius 3 is 2.85 bits per heavy atom. The van der Waals surface area contributed by atoms with E-state index in [0.29, 0.717) is 24.9 Å². The fraction of sp³-hybridized carbons (Fsp3) is 0.429. The summed E-state index contributed by atoms with van der Waals surface area (Å²) in [5.41, 5.74) is 2.49. The number of carbonyl (C=O) groups excluding carboxylic acids is 2. The predicted octanol–water partition coefficient (Wildman–Crippen LogP) is 1.33. The van der Waals surface area contributed by atoms with Crippen LogP contribution < -0.4 is 16.0 Å². The zero-order chi connectivity index (χ0) is 13.7. The summed E-state index contributed by atoms with van der Waals surface area (Å²) in [6, 6.07) is 5.40. The van der Waals surface area contributed by atoms with Gasteiger partial charge in [0.2, 0.25) is 5.91 Å². The predicted molar refractivity (Wildman–Crippen MR) is 81.5 cm³/mol. The number of benzene rings is 1. The van der Waals surface area contributed by atoms with Gasteiger partial charge in [0.25, 0.3) is 5.91 Å². The van der Waals surface area contributed by atoms with E-state index < -0.39 is 0 Å². The molecule has 2 amide bonds. The standard InChI is InChI=1S/C14H19N3O2.ClH/c1-2-15-7-8-16-14(19)11-3-5-12-10(9-11)4-6-13(18)17-12;/h3,5,9,15H,2,4,6-8H2,1H3,(H,16,19)(H,17,18);1H. The second-order valence-electron chi connectivity index (χ2n) is 4.53. The van der Waals surface area contributed by atoms with Crippen molar-refractivity contribution in [1.29, 1.82) is 0 Å². The Labute approximate surface area is 124 Å². The van der Waals surface area contributed by atoms with E-state index in [9.17, 15) is 9.59 Å². The van der Waals surface area contributed by atoms with Gasteiger partial charge < -0.3 is 16.0 Å². The Hall–Kier alpha value is -1.59. The number of halogens is 1. The molecule has 5 nitrogen and oxygen atoms in total. The maximum Gasteiger partial charge on any atom is 0.251 e. The van der Waals surface area contributed by atoms with E-state index in [1.54, 1.807) is 12.1 Å². The third-order valence-electron chi connectivity index (χ3n) is 3.10. The molecule has 110 valence electrons. The van der Waals surface area contributed by atoms with Crippen LogP contribution in [0, 0.1) is 0 Å². The summed E-state index contributed by atoms with van der Waals surface area (Å²) < 4.78 is 0. The molecule has 2 rings (SSSR count). The highest BCUT2D eigenvalue weighted by Crippen LogP contribution is 2.23. The molecule has 0 aliphatic carbocycles. The van der Waals surface area contributed by atoms with E-state index in [4.69, 9.17) is 0 Å². The SMILES string of the molecule is CCNCCNC(=O)c1ccc2c(c1)CCC(=O)N2.Cl. The van der Waals surface area contributed by atoms with Gasteiger partial charge in [-0.2, -0.15) is 0 Å². The van der Waals surface area contributed by atoms with E-state index in [0.717, 1.165) is 24.3 Å². The molecule has 1 aromatic carbocycles. The van der Waals surface area contributed by atoms with Crippen molar-refractivity contribution in [2.24, 2.45) is 0 Å². The lowest BCUT2D eigenvalue weighted by Gasteiger charge is -2.17. The second-order valence-corrected chi connectivity index (χ2v) is 4.53. The molecule has 20 heavy (non-hydrogen) atoms. The molecule has 0 saturated carbocycles. The largest absolute Gasteiger partial charge is 0.351 e. The monoisotopic (exact) mass is 297 g/mol. The molecule has 0 atom stereocenters. The summed E-state index contributed by atoms with van der Waals surface area (Å²) in [6.07, 6.45) is 1.18. The smallest absolute Gasteiger partial charge is 0.251 e. The lowest BCUT2D eigenvalue weighted by Crippen LogP contribution is -2.31. The van der Waals surface area contributed by atoms with Crippen LogP contribution in [0.25, 0.3) is 0 Å². The van der Waals surface area contributed by atoms with Crippen molar-refractivity contribution >= 4 is 29.9 Å². The quantitative estimate of drug-likeness (QED) is 0.718. The highest BCUT2D eigenvalue weighted by molar-refractivity contribution is 5.97. The van der Waals surface area contributed by atoms with Crippen molar-refractivity contribution < 1.29 is 9.59 Å². The van der Waals surface area contributed by atoms with E-state index in [2.05, 4.69) is 16.0 Å². The third-order valence-corrected chi connectivity index (χ3v) is 3.10. The van der Waals surface area contributed by atoms with Gasteiger partial charge in [-0.15, -0.1) is 12.4 Å². The number of fused-ring (bicyclic) bond motifs is 1. The topological polar surface area (TPSA) is 70.2 Å². The number of carbonyl (C=O) groups is 2. The molecule has 0 radical (unpaired) electrons. The zero-order valence-electron chi connectivity index (χ0n) is 11.5. The summed E-state index contributed by atoms with van der Waals surface area (Å²) in [4.78, 5) is 23.2. The molecule has 0 spiro atoms. The Morgan fingerprint density at radius 1 is 1.30 bits per heavy atom. The van der Waals surface area contributed by atoms with E-state index >= 15 is 0 Å². The minimum absolute atomic E-state index is 0. The fourth-order valence-electron chi connectivity index (χ4n) is 2.07. The van der Waals surface area contributed by atoms with E-state index in [1.165, 1.54) is 0 Å². The molecule has 0 saturated heterocycles. The summed E-state index contributed by atoms with van der Waals surface area (Å²) in [6.45, 7) is 4.30. The maximum atomic E-state index is 11.9. The van der Waals surface area contributed by atoms with Crippen molar-refractivity contribution in [3.63, 3.8) is 0 Å². The number of rotatable bonds is 5. The van der Waals surface area contributed by atoms with Crippen LogP contribution in [-0.2, 0) is 11.2 Å². The van der Waals surface area contributed by atoms with Gasteiger partial charge in [0, 0.05) is 30.8 Å². The van der Waals surface area contributed by atoms with Gasteiger partial charge in [0.1, 0.15) is 0 Å². The van der Waals surface area contributed by atoms with Crippen LogP contribution in [0.2, 0.25) is 0 Å². The van der Waals surface area contributed by atoms with Crippen molar-refractivity contribution in [3.8, 4) is 0 Å². The molecular formula is C14H20ClN3O2. The van der Waals surface area contributed by atoms with Crippen LogP contribution in [0.15, 0.2) is 18.2 Å². The number of nitrogens with one attached hydrogen (secondary N) is 3. The van der Waals surface area contributed by atoms with Gasteiger partial charge in [-0.1, -0.05) is 6.92 Å². The first kappa shape index (κ1) is 16.5. The molecule has 0 unspecified atom stereocenters. The van der Waals surface area contributed by atoms with Crippen LogP contribution in [0.5, 0.6) is 0 Å². The molecular weight excluding hydrogens is 278 g/mol. The normalized spacial score (nSPS) is 12.9. The average Bonchev–Trinajstić information content (AvgIpc) is 2.42. The average molecular weight is 298 g/mol. The number of aryl methyl sites for hydroxylation is 1. The molecule has 0 fully saturated rings. The zero-order valence-corrected chi connectivity index (χ0v) is 12.3. The minimum atomic E-state index is -0.0717. The highest BCUT2D eigenvalue weighted by Gasteiger charge is 2.16. The van der Waals surface area contributed by atoms with E-state index in [1.807, 2.05) is 13.0 Å². The molecule has 3 N–H and O–H groups in total. The summed E-state index contributed by atoms with van der Waals surface area (Å²) in [5.74, 6) is -0.0343. The van der Waals surface area contributed by atoms with Crippen molar-refractivity contribution in [2.45, 2.75) is 19.8 Å². The molecule has 1 aliphatic heterocycles.